The second-order valence-electron chi connectivity index (χ2n) is 4.52. The summed E-state index contributed by atoms with van der Waals surface area (Å²) in [6.07, 6.45) is 2.72. The third kappa shape index (κ3) is 3.55. The van der Waals surface area contributed by atoms with Gasteiger partial charge in [-0.1, -0.05) is 36.4 Å². The van der Waals surface area contributed by atoms with Gasteiger partial charge in [-0.15, -0.1) is 0 Å². The lowest BCUT2D eigenvalue weighted by Crippen LogP contribution is -2.24. The van der Waals surface area contributed by atoms with Crippen LogP contribution < -0.4 is 10.6 Å². The minimum atomic E-state index is 0.654. The topological polar surface area (TPSA) is 42.2 Å². The molecule has 0 radical (unpaired) electrons. The summed E-state index contributed by atoms with van der Waals surface area (Å²) < 4.78 is 0. The molecule has 0 aliphatic carbocycles. The fourth-order valence-corrected chi connectivity index (χ4v) is 2.21. The SMILES string of the molecule is CCN(Cc1ccccc1)c1ncccc1CCN. The van der Waals surface area contributed by atoms with E-state index in [2.05, 4.69) is 47.1 Å². The van der Waals surface area contributed by atoms with Gasteiger partial charge in [0.25, 0.3) is 0 Å². The molecular weight excluding hydrogens is 234 g/mol. The Morgan fingerprint density at radius 2 is 1.89 bits per heavy atom. The Balaban J connectivity index is 2.22. The zero-order valence-electron chi connectivity index (χ0n) is 11.4. The van der Waals surface area contributed by atoms with Crippen LogP contribution in [0.1, 0.15) is 18.1 Å². The van der Waals surface area contributed by atoms with Crippen LogP contribution in [-0.2, 0) is 13.0 Å². The highest BCUT2D eigenvalue weighted by atomic mass is 15.2. The highest BCUT2D eigenvalue weighted by molar-refractivity contribution is 5.47. The maximum Gasteiger partial charge on any atom is 0.132 e. The van der Waals surface area contributed by atoms with Crippen molar-refractivity contribution in [2.45, 2.75) is 19.9 Å². The first-order valence-electron chi connectivity index (χ1n) is 6.78. The maximum atomic E-state index is 5.68. The van der Waals surface area contributed by atoms with E-state index < -0.39 is 0 Å². The number of nitrogens with zero attached hydrogens (tertiary/aromatic N) is 2. The quantitative estimate of drug-likeness (QED) is 0.862. The number of anilines is 1. The lowest BCUT2D eigenvalue weighted by molar-refractivity contribution is 0.799. The standard InChI is InChI=1S/C16H21N3/c1-2-19(13-14-7-4-3-5-8-14)16-15(10-11-17)9-6-12-18-16/h3-9,12H,2,10-11,13,17H2,1H3. The largest absolute Gasteiger partial charge is 0.352 e. The van der Waals surface area contributed by atoms with Crippen molar-refractivity contribution in [3.8, 4) is 0 Å². The number of benzene rings is 1. The summed E-state index contributed by atoms with van der Waals surface area (Å²) in [5.74, 6) is 1.05. The van der Waals surface area contributed by atoms with Crippen LogP contribution in [0.25, 0.3) is 0 Å². The summed E-state index contributed by atoms with van der Waals surface area (Å²) in [7, 11) is 0. The predicted molar refractivity (Wildman–Crippen MR) is 80.2 cm³/mol. The zero-order chi connectivity index (χ0) is 13.5. The van der Waals surface area contributed by atoms with Crippen LogP contribution in [0, 0.1) is 0 Å². The smallest absolute Gasteiger partial charge is 0.132 e. The molecule has 0 spiro atoms. The van der Waals surface area contributed by atoms with Crippen molar-refractivity contribution in [2.75, 3.05) is 18.0 Å². The first-order valence-corrected chi connectivity index (χ1v) is 6.78. The fraction of sp³-hybridized carbons (Fsp3) is 0.312. The monoisotopic (exact) mass is 255 g/mol. The molecule has 2 N–H and O–H groups in total. The van der Waals surface area contributed by atoms with Crippen molar-refractivity contribution in [1.29, 1.82) is 0 Å². The Bertz CT molecular complexity index is 496. The van der Waals surface area contributed by atoms with Crippen LogP contribution in [0.5, 0.6) is 0 Å². The van der Waals surface area contributed by atoms with Gasteiger partial charge in [0, 0.05) is 19.3 Å². The highest BCUT2D eigenvalue weighted by Gasteiger charge is 2.10. The Morgan fingerprint density at radius 1 is 1.11 bits per heavy atom. The lowest BCUT2D eigenvalue weighted by Gasteiger charge is -2.24. The molecule has 0 fully saturated rings. The van der Waals surface area contributed by atoms with Crippen molar-refractivity contribution in [1.82, 2.24) is 4.98 Å². The first kappa shape index (κ1) is 13.6. The van der Waals surface area contributed by atoms with Gasteiger partial charge < -0.3 is 10.6 Å². The van der Waals surface area contributed by atoms with Gasteiger partial charge in [0.1, 0.15) is 5.82 Å². The molecule has 2 rings (SSSR count). The van der Waals surface area contributed by atoms with E-state index in [4.69, 9.17) is 5.73 Å². The molecule has 1 aromatic carbocycles. The van der Waals surface area contributed by atoms with Gasteiger partial charge in [0.15, 0.2) is 0 Å². The van der Waals surface area contributed by atoms with Crippen LogP contribution in [0.2, 0.25) is 0 Å². The molecule has 3 nitrogen and oxygen atoms in total. The van der Waals surface area contributed by atoms with E-state index in [0.717, 1.165) is 25.3 Å². The number of hydrogen-bond acceptors (Lipinski definition) is 3. The molecule has 0 aliphatic heterocycles. The van der Waals surface area contributed by atoms with E-state index in [1.807, 2.05) is 18.3 Å². The van der Waals surface area contributed by atoms with E-state index >= 15 is 0 Å². The number of aromatic nitrogens is 1. The Hall–Kier alpha value is -1.87. The van der Waals surface area contributed by atoms with Gasteiger partial charge in [-0.05, 0) is 37.1 Å². The molecule has 0 amide bonds. The lowest BCUT2D eigenvalue weighted by atomic mass is 10.1. The highest BCUT2D eigenvalue weighted by Crippen LogP contribution is 2.19. The minimum absolute atomic E-state index is 0.654. The number of hydrogen-bond donors (Lipinski definition) is 1. The number of nitrogens with two attached hydrogens (primary N) is 1. The summed E-state index contributed by atoms with van der Waals surface area (Å²) in [5.41, 5.74) is 8.20. The van der Waals surface area contributed by atoms with Crippen molar-refractivity contribution >= 4 is 5.82 Å². The Kier molecular flexibility index (Phi) is 4.93. The normalized spacial score (nSPS) is 10.4. The van der Waals surface area contributed by atoms with Crippen molar-refractivity contribution < 1.29 is 0 Å². The van der Waals surface area contributed by atoms with Gasteiger partial charge in [0.05, 0.1) is 0 Å². The second-order valence-corrected chi connectivity index (χ2v) is 4.52. The maximum absolute atomic E-state index is 5.68. The minimum Gasteiger partial charge on any atom is -0.352 e. The second kappa shape index (κ2) is 6.90. The molecule has 0 unspecified atom stereocenters. The van der Waals surface area contributed by atoms with Gasteiger partial charge in [0.2, 0.25) is 0 Å². The molecule has 0 saturated carbocycles. The molecule has 3 heteroatoms. The third-order valence-corrected chi connectivity index (χ3v) is 3.18. The average molecular weight is 255 g/mol. The Labute approximate surface area is 115 Å². The molecule has 1 heterocycles. The molecule has 0 saturated heterocycles. The van der Waals surface area contributed by atoms with Gasteiger partial charge in [-0.2, -0.15) is 0 Å². The van der Waals surface area contributed by atoms with Crippen molar-refractivity contribution in [3.05, 3.63) is 59.8 Å². The summed E-state index contributed by atoms with van der Waals surface area (Å²) in [6, 6.07) is 14.6. The first-order chi connectivity index (χ1) is 9.35. The third-order valence-electron chi connectivity index (χ3n) is 3.18. The molecule has 0 bridgehead atoms. The summed E-state index contributed by atoms with van der Waals surface area (Å²) in [6.45, 7) is 4.63. The summed E-state index contributed by atoms with van der Waals surface area (Å²) in [4.78, 5) is 6.83. The van der Waals surface area contributed by atoms with Gasteiger partial charge in [-0.3, -0.25) is 0 Å². The molecular formula is C16H21N3. The van der Waals surface area contributed by atoms with Crippen LogP contribution in [0.15, 0.2) is 48.7 Å². The molecule has 0 atom stereocenters. The van der Waals surface area contributed by atoms with Crippen molar-refractivity contribution in [2.24, 2.45) is 5.73 Å². The van der Waals surface area contributed by atoms with E-state index in [1.54, 1.807) is 0 Å². The summed E-state index contributed by atoms with van der Waals surface area (Å²) >= 11 is 0. The van der Waals surface area contributed by atoms with Crippen LogP contribution in [-0.4, -0.2) is 18.1 Å². The summed E-state index contributed by atoms with van der Waals surface area (Å²) in [5, 5.41) is 0. The van der Waals surface area contributed by atoms with Crippen LogP contribution in [0.4, 0.5) is 5.82 Å². The zero-order valence-corrected chi connectivity index (χ0v) is 11.4. The van der Waals surface area contributed by atoms with Gasteiger partial charge >= 0.3 is 0 Å². The Morgan fingerprint density at radius 3 is 2.58 bits per heavy atom. The van der Waals surface area contributed by atoms with Crippen LogP contribution >= 0.6 is 0 Å². The van der Waals surface area contributed by atoms with E-state index in [9.17, 15) is 0 Å². The average Bonchev–Trinajstić information content (AvgIpc) is 2.47. The van der Waals surface area contributed by atoms with E-state index in [0.29, 0.717) is 6.54 Å². The van der Waals surface area contributed by atoms with E-state index in [-0.39, 0.29) is 0 Å². The molecule has 2 aromatic rings. The fourth-order valence-electron chi connectivity index (χ4n) is 2.21. The molecule has 100 valence electrons. The van der Waals surface area contributed by atoms with E-state index in [1.165, 1.54) is 11.1 Å². The number of rotatable bonds is 6. The molecule has 19 heavy (non-hydrogen) atoms. The van der Waals surface area contributed by atoms with Crippen LogP contribution in [0.3, 0.4) is 0 Å². The molecule has 0 aliphatic rings. The number of pyridine rings is 1. The predicted octanol–water partition coefficient (Wildman–Crippen LogP) is 2.61. The molecule has 1 aromatic heterocycles. The van der Waals surface area contributed by atoms with Gasteiger partial charge in [-0.25, -0.2) is 4.98 Å². The van der Waals surface area contributed by atoms with Crippen molar-refractivity contribution in [3.63, 3.8) is 0 Å².